The summed E-state index contributed by atoms with van der Waals surface area (Å²) in [6, 6.07) is 8.54. The molecule has 0 fully saturated rings. The maximum Gasteiger partial charge on any atom is 0.418 e. The van der Waals surface area contributed by atoms with Crippen molar-refractivity contribution in [2.45, 2.75) is 6.18 Å². The summed E-state index contributed by atoms with van der Waals surface area (Å²) < 4.78 is 43.3. The Morgan fingerprint density at radius 1 is 1.08 bits per heavy atom. The molecule has 1 amide bonds. The highest BCUT2D eigenvalue weighted by Crippen LogP contribution is 2.34. The van der Waals surface area contributed by atoms with Crippen LogP contribution in [0.2, 0.25) is 10.0 Å². The predicted octanol–water partition coefficient (Wildman–Crippen LogP) is 4.81. The Hall–Kier alpha value is -2.25. The quantitative estimate of drug-likeness (QED) is 0.761. The van der Waals surface area contributed by atoms with Crippen molar-refractivity contribution in [3.8, 4) is 0 Å². The third-order valence-electron chi connectivity index (χ3n) is 2.99. The second-order valence-corrected chi connectivity index (χ2v) is 5.64. The molecule has 132 valence electrons. The Kier molecular flexibility index (Phi) is 5.92. The van der Waals surface area contributed by atoms with Crippen LogP contribution in [-0.2, 0) is 15.7 Å². The maximum atomic E-state index is 12.9. The number of hydrogen-bond acceptors (Lipinski definition) is 3. The van der Waals surface area contributed by atoms with Gasteiger partial charge in [0, 0.05) is 5.02 Å². The number of carbonyl (C=O) groups excluding carboxylic acids is 2. The van der Waals surface area contributed by atoms with Crippen molar-refractivity contribution in [3.63, 3.8) is 0 Å². The molecule has 2 aromatic rings. The average Bonchev–Trinajstić information content (AvgIpc) is 2.54. The van der Waals surface area contributed by atoms with Crippen molar-refractivity contribution in [3.05, 3.63) is 63.6 Å². The minimum Gasteiger partial charge on any atom is -0.452 e. The van der Waals surface area contributed by atoms with E-state index in [9.17, 15) is 22.8 Å². The summed E-state index contributed by atoms with van der Waals surface area (Å²) in [5.41, 5.74) is -1.50. The lowest BCUT2D eigenvalue weighted by atomic mass is 10.1. The number of carbonyl (C=O) groups is 2. The van der Waals surface area contributed by atoms with Crippen LogP contribution in [0.15, 0.2) is 42.5 Å². The van der Waals surface area contributed by atoms with Gasteiger partial charge in [-0.05, 0) is 30.3 Å². The normalized spacial score (nSPS) is 11.1. The number of ether oxygens (including phenoxy) is 1. The minimum absolute atomic E-state index is 0.0577. The third kappa shape index (κ3) is 5.11. The molecule has 0 aromatic heterocycles. The molecule has 0 aliphatic carbocycles. The summed E-state index contributed by atoms with van der Waals surface area (Å²) in [5.74, 6) is -1.85. The molecule has 4 nitrogen and oxygen atoms in total. The maximum absolute atomic E-state index is 12.9. The molecule has 1 N–H and O–H groups in total. The lowest BCUT2D eigenvalue weighted by molar-refractivity contribution is -0.137. The zero-order valence-corrected chi connectivity index (χ0v) is 13.9. The number of hydrogen-bond donors (Lipinski definition) is 1. The highest BCUT2D eigenvalue weighted by molar-refractivity contribution is 6.35. The van der Waals surface area contributed by atoms with Gasteiger partial charge in [0.15, 0.2) is 6.61 Å². The Balaban J connectivity index is 2.02. The molecule has 0 spiro atoms. The first-order valence-corrected chi connectivity index (χ1v) is 7.52. The van der Waals surface area contributed by atoms with Crippen LogP contribution in [0.1, 0.15) is 15.9 Å². The van der Waals surface area contributed by atoms with E-state index in [0.29, 0.717) is 0 Å². The van der Waals surface area contributed by atoms with Crippen LogP contribution in [0, 0.1) is 0 Å². The summed E-state index contributed by atoms with van der Waals surface area (Å²) in [4.78, 5) is 23.6. The zero-order valence-electron chi connectivity index (χ0n) is 12.4. The molecule has 25 heavy (non-hydrogen) atoms. The van der Waals surface area contributed by atoms with Gasteiger partial charge in [0.05, 0.1) is 21.8 Å². The van der Waals surface area contributed by atoms with E-state index in [-0.39, 0.29) is 15.6 Å². The van der Waals surface area contributed by atoms with Crippen molar-refractivity contribution < 1.29 is 27.5 Å². The largest absolute Gasteiger partial charge is 0.452 e. The van der Waals surface area contributed by atoms with Crippen molar-refractivity contribution in [1.82, 2.24) is 0 Å². The molecule has 0 saturated carbocycles. The van der Waals surface area contributed by atoms with Crippen LogP contribution in [0.4, 0.5) is 18.9 Å². The second kappa shape index (κ2) is 7.76. The van der Waals surface area contributed by atoms with Gasteiger partial charge in [-0.15, -0.1) is 0 Å². The SMILES string of the molecule is O=C(COC(=O)c1cc(Cl)ccc1Cl)Nc1ccccc1C(F)(F)F. The van der Waals surface area contributed by atoms with E-state index in [1.165, 1.54) is 30.3 Å². The number of nitrogens with one attached hydrogen (secondary N) is 1. The van der Waals surface area contributed by atoms with Crippen molar-refractivity contribution in [2.75, 3.05) is 11.9 Å². The smallest absolute Gasteiger partial charge is 0.418 e. The van der Waals surface area contributed by atoms with Gasteiger partial charge >= 0.3 is 12.1 Å². The number of anilines is 1. The molecule has 9 heteroatoms. The zero-order chi connectivity index (χ0) is 18.6. The molecule has 0 unspecified atom stereocenters. The molecule has 0 aliphatic rings. The fourth-order valence-electron chi connectivity index (χ4n) is 1.89. The Labute approximate surface area is 150 Å². The number of benzene rings is 2. The molecule has 2 rings (SSSR count). The van der Waals surface area contributed by atoms with E-state index < -0.39 is 35.9 Å². The Morgan fingerprint density at radius 3 is 2.44 bits per heavy atom. The Bertz CT molecular complexity index is 809. The van der Waals surface area contributed by atoms with Gasteiger partial charge in [-0.3, -0.25) is 4.79 Å². The van der Waals surface area contributed by atoms with E-state index in [2.05, 4.69) is 5.32 Å². The first-order chi connectivity index (χ1) is 11.7. The van der Waals surface area contributed by atoms with Gasteiger partial charge in [0.1, 0.15) is 0 Å². The summed E-state index contributed by atoms with van der Waals surface area (Å²) in [6.07, 6.45) is -4.63. The van der Waals surface area contributed by atoms with Gasteiger partial charge in [0.25, 0.3) is 5.91 Å². The van der Waals surface area contributed by atoms with Crippen LogP contribution < -0.4 is 5.32 Å². The predicted molar refractivity (Wildman–Crippen MR) is 86.8 cm³/mol. The van der Waals surface area contributed by atoms with Crippen molar-refractivity contribution in [1.29, 1.82) is 0 Å². The average molecular weight is 392 g/mol. The highest BCUT2D eigenvalue weighted by atomic mass is 35.5. The number of esters is 1. The first-order valence-electron chi connectivity index (χ1n) is 6.76. The van der Waals surface area contributed by atoms with Gasteiger partial charge in [-0.2, -0.15) is 13.2 Å². The van der Waals surface area contributed by atoms with Crippen LogP contribution in [0.5, 0.6) is 0 Å². The molecule has 0 aliphatic heterocycles. The standard InChI is InChI=1S/C16H10Cl2F3NO3/c17-9-5-6-12(18)10(7-9)15(24)25-8-14(23)22-13-4-2-1-3-11(13)16(19,20)21/h1-7H,8H2,(H,22,23). The molecule has 0 saturated heterocycles. The third-order valence-corrected chi connectivity index (χ3v) is 3.55. The molecular formula is C16H10Cl2F3NO3. The van der Waals surface area contributed by atoms with E-state index in [4.69, 9.17) is 27.9 Å². The van der Waals surface area contributed by atoms with Crippen molar-refractivity contribution in [2.24, 2.45) is 0 Å². The van der Waals surface area contributed by atoms with Gasteiger partial charge < -0.3 is 10.1 Å². The summed E-state index contributed by atoms with van der Waals surface area (Å²) in [5, 5.41) is 2.36. The van der Waals surface area contributed by atoms with E-state index >= 15 is 0 Å². The van der Waals surface area contributed by atoms with Crippen molar-refractivity contribution >= 4 is 40.8 Å². The summed E-state index contributed by atoms with van der Waals surface area (Å²) in [7, 11) is 0. The van der Waals surface area contributed by atoms with E-state index in [0.717, 1.165) is 12.1 Å². The molecule has 0 radical (unpaired) electrons. The fourth-order valence-corrected chi connectivity index (χ4v) is 2.26. The molecule has 0 bridgehead atoms. The molecule has 2 aromatic carbocycles. The number of para-hydroxylation sites is 1. The van der Waals surface area contributed by atoms with E-state index in [1.54, 1.807) is 0 Å². The topological polar surface area (TPSA) is 55.4 Å². The number of amides is 1. The molecule has 0 atom stereocenters. The number of halogens is 5. The van der Waals surface area contributed by atoms with E-state index in [1.807, 2.05) is 0 Å². The monoisotopic (exact) mass is 391 g/mol. The van der Waals surface area contributed by atoms with Crippen LogP contribution in [0.3, 0.4) is 0 Å². The van der Waals surface area contributed by atoms with Gasteiger partial charge in [-0.25, -0.2) is 4.79 Å². The molecular weight excluding hydrogens is 382 g/mol. The summed E-state index contributed by atoms with van der Waals surface area (Å²) in [6.45, 7) is -0.784. The fraction of sp³-hybridized carbons (Fsp3) is 0.125. The van der Waals surface area contributed by atoms with Gasteiger partial charge in [-0.1, -0.05) is 35.3 Å². The highest BCUT2D eigenvalue weighted by Gasteiger charge is 2.33. The summed E-state index contributed by atoms with van der Waals surface area (Å²) >= 11 is 11.6. The lowest BCUT2D eigenvalue weighted by Gasteiger charge is -2.13. The van der Waals surface area contributed by atoms with Gasteiger partial charge in [0.2, 0.25) is 0 Å². The lowest BCUT2D eigenvalue weighted by Crippen LogP contribution is -2.22. The molecule has 0 heterocycles. The first kappa shape index (κ1) is 19.1. The second-order valence-electron chi connectivity index (χ2n) is 4.79. The number of alkyl halides is 3. The number of rotatable bonds is 4. The van der Waals surface area contributed by atoms with Crippen LogP contribution >= 0.6 is 23.2 Å². The Morgan fingerprint density at radius 2 is 1.76 bits per heavy atom. The minimum atomic E-state index is -4.63. The van der Waals surface area contributed by atoms with Crippen LogP contribution in [0.25, 0.3) is 0 Å². The van der Waals surface area contributed by atoms with Crippen LogP contribution in [-0.4, -0.2) is 18.5 Å².